The molecule has 0 amide bonds. The fourth-order valence-corrected chi connectivity index (χ4v) is 2.30. The first-order valence-corrected chi connectivity index (χ1v) is 6.14. The van der Waals surface area contributed by atoms with Gasteiger partial charge in [-0.2, -0.15) is 0 Å². The van der Waals surface area contributed by atoms with Crippen molar-refractivity contribution in [1.82, 2.24) is 0 Å². The Labute approximate surface area is 111 Å². The molecule has 0 radical (unpaired) electrons. The molecule has 1 saturated heterocycles. The molecule has 4 nitrogen and oxygen atoms in total. The highest BCUT2D eigenvalue weighted by Gasteiger charge is 2.40. The number of carbonyl (C=O) groups excluding carboxylic acids is 1. The summed E-state index contributed by atoms with van der Waals surface area (Å²) in [7, 11) is 2.89. The predicted molar refractivity (Wildman–Crippen MR) is 67.1 cm³/mol. The molecule has 0 bridgehead atoms. The van der Waals surface area contributed by atoms with E-state index in [1.54, 1.807) is 6.07 Å². The van der Waals surface area contributed by atoms with Gasteiger partial charge >= 0.3 is 0 Å². The number of ether oxygens (including phenoxy) is 3. The second-order valence-corrected chi connectivity index (χ2v) is 4.49. The van der Waals surface area contributed by atoms with Crippen LogP contribution in [0.25, 0.3) is 0 Å². The van der Waals surface area contributed by atoms with Crippen molar-refractivity contribution in [3.63, 3.8) is 0 Å². The zero-order valence-electron chi connectivity index (χ0n) is 11.1. The molecule has 0 aliphatic carbocycles. The van der Waals surface area contributed by atoms with E-state index in [0.29, 0.717) is 31.6 Å². The van der Waals surface area contributed by atoms with Crippen LogP contribution in [0.5, 0.6) is 5.75 Å². The van der Waals surface area contributed by atoms with Gasteiger partial charge < -0.3 is 14.2 Å². The number of benzene rings is 1. The van der Waals surface area contributed by atoms with E-state index >= 15 is 0 Å². The van der Waals surface area contributed by atoms with E-state index in [1.165, 1.54) is 26.4 Å². The Kier molecular flexibility index (Phi) is 4.17. The van der Waals surface area contributed by atoms with Gasteiger partial charge in [0.1, 0.15) is 5.60 Å². The Morgan fingerprint density at radius 3 is 2.53 bits per heavy atom. The number of hydrogen-bond acceptors (Lipinski definition) is 4. The van der Waals surface area contributed by atoms with Crippen LogP contribution in [0, 0.1) is 5.82 Å². The summed E-state index contributed by atoms with van der Waals surface area (Å²) >= 11 is 0. The van der Waals surface area contributed by atoms with E-state index in [9.17, 15) is 9.18 Å². The number of ketones is 1. The molecular formula is C14H17FO4. The number of halogens is 1. The van der Waals surface area contributed by atoms with E-state index in [1.807, 2.05) is 0 Å². The highest BCUT2D eigenvalue weighted by atomic mass is 19.1. The molecular weight excluding hydrogens is 251 g/mol. The van der Waals surface area contributed by atoms with E-state index < -0.39 is 11.4 Å². The van der Waals surface area contributed by atoms with Crippen molar-refractivity contribution < 1.29 is 23.4 Å². The van der Waals surface area contributed by atoms with Gasteiger partial charge in [-0.05, 0) is 18.2 Å². The summed E-state index contributed by atoms with van der Waals surface area (Å²) in [6.45, 7) is 0.941. The van der Waals surface area contributed by atoms with Crippen molar-refractivity contribution in [1.29, 1.82) is 0 Å². The lowest BCUT2D eigenvalue weighted by atomic mass is 9.85. The van der Waals surface area contributed by atoms with Crippen LogP contribution in [0.15, 0.2) is 18.2 Å². The molecule has 1 aliphatic rings. The maximum Gasteiger partial charge on any atom is 0.194 e. The van der Waals surface area contributed by atoms with Gasteiger partial charge in [0.25, 0.3) is 0 Å². The minimum atomic E-state index is -0.903. The first kappa shape index (κ1) is 14.0. The number of hydrogen-bond donors (Lipinski definition) is 0. The zero-order valence-corrected chi connectivity index (χ0v) is 11.1. The highest BCUT2D eigenvalue weighted by Crippen LogP contribution is 2.30. The van der Waals surface area contributed by atoms with Crippen LogP contribution in [0.3, 0.4) is 0 Å². The van der Waals surface area contributed by atoms with E-state index in [2.05, 4.69) is 0 Å². The maximum atomic E-state index is 13.7. The molecule has 0 unspecified atom stereocenters. The zero-order chi connectivity index (χ0) is 13.9. The Morgan fingerprint density at radius 2 is 2.00 bits per heavy atom. The third-order valence-corrected chi connectivity index (χ3v) is 3.52. The van der Waals surface area contributed by atoms with Gasteiger partial charge in [-0.3, -0.25) is 4.79 Å². The molecule has 0 saturated carbocycles. The Balaban J connectivity index is 2.29. The maximum absolute atomic E-state index is 13.7. The van der Waals surface area contributed by atoms with Crippen LogP contribution < -0.4 is 4.74 Å². The predicted octanol–water partition coefficient (Wildman–Crippen LogP) is 2.21. The molecule has 19 heavy (non-hydrogen) atoms. The average molecular weight is 268 g/mol. The van der Waals surface area contributed by atoms with Crippen molar-refractivity contribution >= 4 is 5.78 Å². The average Bonchev–Trinajstić information content (AvgIpc) is 2.47. The number of rotatable bonds is 4. The number of methoxy groups -OCH3 is 2. The third kappa shape index (κ3) is 2.62. The van der Waals surface area contributed by atoms with Gasteiger partial charge in [-0.1, -0.05) is 0 Å². The van der Waals surface area contributed by atoms with Crippen LogP contribution in [-0.4, -0.2) is 38.8 Å². The largest absolute Gasteiger partial charge is 0.494 e. The van der Waals surface area contributed by atoms with Crippen molar-refractivity contribution in [2.24, 2.45) is 0 Å². The topological polar surface area (TPSA) is 44.8 Å². The quantitative estimate of drug-likeness (QED) is 0.785. The SMILES string of the molecule is COc1ccc(C(=O)C2(OC)CCOCC2)cc1F. The normalized spacial score (nSPS) is 18.1. The lowest BCUT2D eigenvalue weighted by Crippen LogP contribution is -2.45. The molecule has 1 aromatic carbocycles. The Hall–Kier alpha value is -1.46. The smallest absolute Gasteiger partial charge is 0.194 e. The molecule has 0 N–H and O–H groups in total. The molecule has 1 fully saturated rings. The summed E-state index contributed by atoms with van der Waals surface area (Å²) in [5.41, 5.74) is -0.610. The fourth-order valence-electron chi connectivity index (χ4n) is 2.30. The van der Waals surface area contributed by atoms with Gasteiger partial charge in [0.2, 0.25) is 0 Å². The van der Waals surface area contributed by atoms with Gasteiger partial charge in [-0.25, -0.2) is 4.39 Å². The van der Waals surface area contributed by atoms with Crippen molar-refractivity contribution in [3.05, 3.63) is 29.6 Å². The summed E-state index contributed by atoms with van der Waals surface area (Å²) in [5.74, 6) is -0.637. The molecule has 5 heteroatoms. The van der Waals surface area contributed by atoms with Gasteiger partial charge in [-0.15, -0.1) is 0 Å². The molecule has 0 aromatic heterocycles. The lowest BCUT2D eigenvalue weighted by molar-refractivity contribution is -0.0663. The molecule has 0 spiro atoms. The van der Waals surface area contributed by atoms with Crippen molar-refractivity contribution in [3.8, 4) is 5.75 Å². The standard InChI is InChI=1S/C14H17FO4/c1-17-12-4-3-10(9-11(12)15)13(16)14(18-2)5-7-19-8-6-14/h3-4,9H,5-8H2,1-2H3. The molecule has 104 valence electrons. The first-order chi connectivity index (χ1) is 9.13. The molecule has 1 aliphatic heterocycles. The van der Waals surface area contributed by atoms with E-state index in [-0.39, 0.29) is 11.5 Å². The minimum Gasteiger partial charge on any atom is -0.494 e. The van der Waals surface area contributed by atoms with Crippen molar-refractivity contribution in [2.45, 2.75) is 18.4 Å². The van der Waals surface area contributed by atoms with Crippen molar-refractivity contribution in [2.75, 3.05) is 27.4 Å². The summed E-state index contributed by atoms with van der Waals surface area (Å²) in [6, 6.07) is 4.20. The second-order valence-electron chi connectivity index (χ2n) is 4.49. The lowest BCUT2D eigenvalue weighted by Gasteiger charge is -2.34. The minimum absolute atomic E-state index is 0.120. The molecule has 0 atom stereocenters. The molecule has 1 heterocycles. The monoisotopic (exact) mass is 268 g/mol. The van der Waals surface area contributed by atoms with E-state index in [0.717, 1.165) is 0 Å². The summed E-state index contributed by atoms with van der Waals surface area (Å²) in [4.78, 5) is 12.5. The Morgan fingerprint density at radius 1 is 1.32 bits per heavy atom. The van der Waals surface area contributed by atoms with Gasteiger partial charge in [0, 0.05) is 38.7 Å². The van der Waals surface area contributed by atoms with Crippen LogP contribution in [0.2, 0.25) is 0 Å². The highest BCUT2D eigenvalue weighted by molar-refractivity contribution is 6.02. The fraction of sp³-hybridized carbons (Fsp3) is 0.500. The number of carbonyl (C=O) groups is 1. The summed E-state index contributed by atoms with van der Waals surface area (Å²) < 4.78 is 29.2. The number of Topliss-reactive ketones (excluding diaryl/α,β-unsaturated/α-hetero) is 1. The first-order valence-electron chi connectivity index (χ1n) is 6.14. The summed E-state index contributed by atoms with van der Waals surface area (Å²) in [6.07, 6.45) is 0.964. The van der Waals surface area contributed by atoms with E-state index in [4.69, 9.17) is 14.2 Å². The van der Waals surface area contributed by atoms with Crippen LogP contribution in [0.1, 0.15) is 23.2 Å². The summed E-state index contributed by atoms with van der Waals surface area (Å²) in [5, 5.41) is 0. The van der Waals surface area contributed by atoms with Gasteiger partial charge in [0.15, 0.2) is 17.3 Å². The van der Waals surface area contributed by atoms with Crippen LogP contribution >= 0.6 is 0 Å². The molecule has 1 aromatic rings. The molecule has 2 rings (SSSR count). The van der Waals surface area contributed by atoms with Crippen LogP contribution in [-0.2, 0) is 9.47 Å². The van der Waals surface area contributed by atoms with Crippen LogP contribution in [0.4, 0.5) is 4.39 Å². The Bertz CT molecular complexity index is 467. The second kappa shape index (κ2) is 5.67. The third-order valence-electron chi connectivity index (χ3n) is 3.52. The van der Waals surface area contributed by atoms with Gasteiger partial charge in [0.05, 0.1) is 7.11 Å².